The average Bonchev–Trinajstić information content (AvgIpc) is 2.46. The van der Waals surface area contributed by atoms with Crippen molar-refractivity contribution in [3.05, 3.63) is 22.2 Å². The minimum absolute atomic E-state index is 0.0177. The van der Waals surface area contributed by atoms with E-state index in [0.29, 0.717) is 24.5 Å². The summed E-state index contributed by atoms with van der Waals surface area (Å²) in [4.78, 5) is 21.8. The van der Waals surface area contributed by atoms with Crippen LogP contribution in [0, 0.1) is 0 Å². The standard InChI is InChI=1S/C14H18BrNO5/c1-20-11-8-10(15)12(21-2)7-9(11)5-6-16-13(17)3-4-14(18)19/h7-8H,3-6H2,1-2H3,(H,16,17)(H,18,19). The molecule has 1 rings (SSSR count). The number of rotatable bonds is 8. The molecule has 0 unspecified atom stereocenters. The SMILES string of the molecule is COc1cc(CCNC(=O)CCC(=O)O)c(OC)cc1Br. The van der Waals surface area contributed by atoms with Gasteiger partial charge in [0.15, 0.2) is 0 Å². The zero-order valence-electron chi connectivity index (χ0n) is 11.9. The number of carboxylic acid groups (broad SMARTS) is 1. The topological polar surface area (TPSA) is 84.9 Å². The molecule has 0 radical (unpaired) electrons. The van der Waals surface area contributed by atoms with Crippen molar-refractivity contribution in [2.24, 2.45) is 0 Å². The normalized spacial score (nSPS) is 10.0. The second-order valence-corrected chi connectivity index (χ2v) is 5.15. The van der Waals surface area contributed by atoms with Gasteiger partial charge in [-0.3, -0.25) is 9.59 Å². The van der Waals surface area contributed by atoms with Gasteiger partial charge in [-0.15, -0.1) is 0 Å². The minimum Gasteiger partial charge on any atom is -0.496 e. The van der Waals surface area contributed by atoms with Crippen molar-refractivity contribution in [2.75, 3.05) is 20.8 Å². The monoisotopic (exact) mass is 359 g/mol. The van der Waals surface area contributed by atoms with Gasteiger partial charge in [0.25, 0.3) is 0 Å². The Hall–Kier alpha value is -1.76. The molecule has 1 aromatic rings. The number of aliphatic carboxylic acids is 1. The van der Waals surface area contributed by atoms with E-state index in [1.807, 2.05) is 6.07 Å². The smallest absolute Gasteiger partial charge is 0.303 e. The first-order valence-corrected chi connectivity index (χ1v) is 7.16. The lowest BCUT2D eigenvalue weighted by atomic mass is 10.1. The third-order valence-electron chi connectivity index (χ3n) is 2.84. The highest BCUT2D eigenvalue weighted by molar-refractivity contribution is 9.10. The van der Waals surface area contributed by atoms with Gasteiger partial charge in [0.1, 0.15) is 11.5 Å². The number of nitrogens with one attached hydrogen (secondary N) is 1. The van der Waals surface area contributed by atoms with Crippen molar-refractivity contribution in [2.45, 2.75) is 19.3 Å². The quantitative estimate of drug-likeness (QED) is 0.741. The van der Waals surface area contributed by atoms with Crippen LogP contribution < -0.4 is 14.8 Å². The molecule has 0 spiro atoms. The van der Waals surface area contributed by atoms with Crippen molar-refractivity contribution in [1.82, 2.24) is 5.32 Å². The maximum Gasteiger partial charge on any atom is 0.303 e. The number of hydrogen-bond acceptors (Lipinski definition) is 4. The number of methoxy groups -OCH3 is 2. The number of ether oxygens (including phenoxy) is 2. The summed E-state index contributed by atoms with van der Waals surface area (Å²) >= 11 is 3.38. The first kappa shape index (κ1) is 17.3. The summed E-state index contributed by atoms with van der Waals surface area (Å²) in [5.41, 5.74) is 0.899. The van der Waals surface area contributed by atoms with Gasteiger partial charge < -0.3 is 19.9 Å². The Morgan fingerprint density at radius 3 is 2.43 bits per heavy atom. The van der Waals surface area contributed by atoms with Gasteiger partial charge in [0.05, 0.1) is 25.1 Å². The molecule has 0 saturated carbocycles. The number of benzene rings is 1. The molecule has 2 N–H and O–H groups in total. The Bertz CT molecular complexity index is 518. The summed E-state index contributed by atoms with van der Waals surface area (Å²) in [5.74, 6) is 0.121. The predicted octanol–water partition coefficient (Wildman–Crippen LogP) is 1.99. The maximum absolute atomic E-state index is 11.4. The molecule has 0 aliphatic carbocycles. The fourth-order valence-electron chi connectivity index (χ4n) is 1.76. The number of carbonyl (C=O) groups excluding carboxylic acids is 1. The van der Waals surface area contributed by atoms with Gasteiger partial charge in [-0.2, -0.15) is 0 Å². The number of carboxylic acids is 1. The van der Waals surface area contributed by atoms with E-state index in [9.17, 15) is 9.59 Å². The Morgan fingerprint density at radius 1 is 1.19 bits per heavy atom. The second kappa shape index (κ2) is 8.51. The molecule has 6 nitrogen and oxygen atoms in total. The van der Waals surface area contributed by atoms with Crippen molar-refractivity contribution in [3.8, 4) is 11.5 Å². The van der Waals surface area contributed by atoms with Crippen LogP contribution >= 0.6 is 15.9 Å². The lowest BCUT2D eigenvalue weighted by molar-refractivity contribution is -0.138. The van der Waals surface area contributed by atoms with Crippen LogP contribution in [-0.2, 0) is 16.0 Å². The molecule has 0 aromatic heterocycles. The molecule has 1 aromatic carbocycles. The zero-order chi connectivity index (χ0) is 15.8. The molecule has 0 aliphatic heterocycles. The van der Waals surface area contributed by atoms with E-state index in [0.717, 1.165) is 10.0 Å². The summed E-state index contributed by atoms with van der Waals surface area (Å²) in [6, 6.07) is 3.65. The van der Waals surface area contributed by atoms with Crippen LogP contribution in [0.2, 0.25) is 0 Å². The van der Waals surface area contributed by atoms with Crippen LogP contribution in [0.25, 0.3) is 0 Å². The van der Waals surface area contributed by atoms with E-state index >= 15 is 0 Å². The Kier molecular flexibility index (Phi) is 7.01. The second-order valence-electron chi connectivity index (χ2n) is 4.29. The molecule has 0 atom stereocenters. The van der Waals surface area contributed by atoms with Crippen molar-refractivity contribution < 1.29 is 24.2 Å². The molecule has 0 fully saturated rings. The highest BCUT2D eigenvalue weighted by Gasteiger charge is 2.10. The fraction of sp³-hybridized carbons (Fsp3) is 0.429. The lowest BCUT2D eigenvalue weighted by Gasteiger charge is -2.12. The molecule has 116 valence electrons. The number of amides is 1. The van der Waals surface area contributed by atoms with Gasteiger partial charge in [-0.1, -0.05) is 0 Å². The van der Waals surface area contributed by atoms with E-state index in [1.165, 1.54) is 0 Å². The molecule has 0 bridgehead atoms. The molecule has 0 aliphatic rings. The third-order valence-corrected chi connectivity index (χ3v) is 3.46. The Labute approximate surface area is 131 Å². The van der Waals surface area contributed by atoms with Gasteiger partial charge in [0, 0.05) is 13.0 Å². The van der Waals surface area contributed by atoms with Gasteiger partial charge >= 0.3 is 5.97 Å². The molecule has 21 heavy (non-hydrogen) atoms. The molecule has 0 heterocycles. The molecular weight excluding hydrogens is 342 g/mol. The van der Waals surface area contributed by atoms with E-state index in [-0.39, 0.29) is 18.7 Å². The third kappa shape index (κ3) is 5.63. The van der Waals surface area contributed by atoms with Crippen molar-refractivity contribution >= 4 is 27.8 Å². The minimum atomic E-state index is -0.982. The van der Waals surface area contributed by atoms with Crippen LogP contribution in [0.5, 0.6) is 11.5 Å². The van der Waals surface area contributed by atoms with Crippen LogP contribution in [0.1, 0.15) is 18.4 Å². The van der Waals surface area contributed by atoms with E-state index < -0.39 is 5.97 Å². The van der Waals surface area contributed by atoms with E-state index in [4.69, 9.17) is 14.6 Å². The Morgan fingerprint density at radius 2 is 1.86 bits per heavy atom. The lowest BCUT2D eigenvalue weighted by Crippen LogP contribution is -2.26. The summed E-state index contributed by atoms with van der Waals surface area (Å²) in [5, 5.41) is 11.2. The van der Waals surface area contributed by atoms with Crippen LogP contribution in [0.4, 0.5) is 0 Å². The van der Waals surface area contributed by atoms with Crippen LogP contribution in [-0.4, -0.2) is 37.7 Å². The molecule has 7 heteroatoms. The van der Waals surface area contributed by atoms with Gasteiger partial charge in [-0.25, -0.2) is 0 Å². The number of carbonyl (C=O) groups is 2. The van der Waals surface area contributed by atoms with Crippen molar-refractivity contribution in [3.63, 3.8) is 0 Å². The number of hydrogen-bond donors (Lipinski definition) is 2. The summed E-state index contributed by atoms with van der Waals surface area (Å²) in [7, 11) is 3.15. The average molecular weight is 360 g/mol. The van der Waals surface area contributed by atoms with E-state index in [2.05, 4.69) is 21.2 Å². The summed E-state index contributed by atoms with van der Waals surface area (Å²) in [6.07, 6.45) is 0.378. The molecule has 0 saturated heterocycles. The van der Waals surface area contributed by atoms with Crippen LogP contribution in [0.15, 0.2) is 16.6 Å². The molecule has 1 amide bonds. The first-order chi connectivity index (χ1) is 9.97. The Balaban J connectivity index is 2.58. The van der Waals surface area contributed by atoms with Gasteiger partial charge in [-0.05, 0) is 40.0 Å². The maximum atomic E-state index is 11.4. The zero-order valence-corrected chi connectivity index (χ0v) is 13.5. The van der Waals surface area contributed by atoms with Gasteiger partial charge in [0.2, 0.25) is 5.91 Å². The summed E-state index contributed by atoms with van der Waals surface area (Å²) in [6.45, 7) is 0.402. The predicted molar refractivity (Wildman–Crippen MR) is 80.8 cm³/mol. The van der Waals surface area contributed by atoms with E-state index in [1.54, 1.807) is 20.3 Å². The molecular formula is C14H18BrNO5. The highest BCUT2D eigenvalue weighted by atomic mass is 79.9. The summed E-state index contributed by atoms with van der Waals surface area (Å²) < 4.78 is 11.3. The van der Waals surface area contributed by atoms with Crippen molar-refractivity contribution in [1.29, 1.82) is 0 Å². The fourth-order valence-corrected chi connectivity index (χ4v) is 2.25. The largest absolute Gasteiger partial charge is 0.496 e. The first-order valence-electron chi connectivity index (χ1n) is 6.36. The number of halogens is 1. The highest BCUT2D eigenvalue weighted by Crippen LogP contribution is 2.32. The van der Waals surface area contributed by atoms with Crippen LogP contribution in [0.3, 0.4) is 0 Å².